The second-order valence-corrected chi connectivity index (χ2v) is 6.07. The number of rotatable bonds is 8. The molecule has 0 heterocycles. The maximum atomic E-state index is 12.1. The molecule has 0 aromatic heterocycles. The topological polar surface area (TPSA) is 75.3 Å². The molecule has 1 aliphatic carbocycles. The van der Waals surface area contributed by atoms with Crippen LogP contribution in [0, 0.1) is 11.8 Å². The first-order valence-electron chi connectivity index (χ1n) is 8.22. The van der Waals surface area contributed by atoms with Gasteiger partial charge in [0.05, 0.1) is 11.8 Å². The second kappa shape index (κ2) is 7.90. The number of benzene rings is 1. The van der Waals surface area contributed by atoms with Gasteiger partial charge < -0.3 is 10.6 Å². The molecule has 5 heteroatoms. The molecule has 1 aliphatic rings. The Hall–Kier alpha value is -2.17. The van der Waals surface area contributed by atoms with Gasteiger partial charge in [-0.3, -0.25) is 14.4 Å². The molecule has 0 saturated heterocycles. The molecule has 1 fully saturated rings. The smallest absolute Gasteiger partial charge is 0.228 e. The van der Waals surface area contributed by atoms with Crippen molar-refractivity contribution in [3.05, 3.63) is 29.8 Å². The van der Waals surface area contributed by atoms with Gasteiger partial charge >= 0.3 is 0 Å². The molecule has 0 bridgehead atoms. The zero-order valence-electron chi connectivity index (χ0n) is 13.7. The molecule has 0 radical (unpaired) electrons. The summed E-state index contributed by atoms with van der Waals surface area (Å²) < 4.78 is 0. The number of amides is 2. The van der Waals surface area contributed by atoms with E-state index in [1.54, 1.807) is 24.3 Å². The van der Waals surface area contributed by atoms with Gasteiger partial charge in [0.1, 0.15) is 0 Å². The van der Waals surface area contributed by atoms with Gasteiger partial charge in [-0.1, -0.05) is 19.8 Å². The van der Waals surface area contributed by atoms with Crippen molar-refractivity contribution in [1.82, 2.24) is 5.32 Å². The molecule has 2 rings (SSSR count). The minimum absolute atomic E-state index is 0.00937. The summed E-state index contributed by atoms with van der Waals surface area (Å²) >= 11 is 0. The zero-order chi connectivity index (χ0) is 16.8. The zero-order valence-corrected chi connectivity index (χ0v) is 13.7. The van der Waals surface area contributed by atoms with Crippen molar-refractivity contribution in [3.63, 3.8) is 0 Å². The normalized spacial score (nSPS) is 19.0. The highest BCUT2D eigenvalue weighted by Crippen LogP contribution is 2.39. The van der Waals surface area contributed by atoms with Crippen LogP contribution in [0.3, 0.4) is 0 Å². The number of carbonyl (C=O) groups excluding carboxylic acids is 3. The van der Waals surface area contributed by atoms with Crippen molar-refractivity contribution >= 4 is 23.3 Å². The van der Waals surface area contributed by atoms with Gasteiger partial charge in [0, 0.05) is 17.8 Å². The number of hydrogen-bond acceptors (Lipinski definition) is 3. The van der Waals surface area contributed by atoms with E-state index in [2.05, 4.69) is 17.6 Å². The number of ketones is 1. The molecule has 2 amide bonds. The van der Waals surface area contributed by atoms with Gasteiger partial charge in [-0.05, 0) is 44.0 Å². The first-order valence-corrected chi connectivity index (χ1v) is 8.22. The standard InChI is InChI=1S/C18H24N2O3/c1-3-4-5-10-19-17(22)15-11-16(15)18(23)20-14-8-6-13(7-9-14)12(2)21/h6-9,15-16H,3-5,10-11H2,1-2H3,(H,19,22)(H,20,23). The summed E-state index contributed by atoms with van der Waals surface area (Å²) in [5, 5.41) is 5.69. The van der Waals surface area contributed by atoms with E-state index < -0.39 is 0 Å². The summed E-state index contributed by atoms with van der Waals surface area (Å²) in [4.78, 5) is 35.3. The van der Waals surface area contributed by atoms with Crippen LogP contribution in [0.5, 0.6) is 0 Å². The maximum Gasteiger partial charge on any atom is 0.228 e. The lowest BCUT2D eigenvalue weighted by Gasteiger charge is -2.06. The number of carbonyl (C=O) groups is 3. The van der Waals surface area contributed by atoms with Crippen LogP contribution in [-0.2, 0) is 9.59 Å². The lowest BCUT2D eigenvalue weighted by Crippen LogP contribution is -2.28. The summed E-state index contributed by atoms with van der Waals surface area (Å²) in [5.41, 5.74) is 1.26. The number of anilines is 1. The molecule has 1 aromatic carbocycles. The maximum absolute atomic E-state index is 12.1. The second-order valence-electron chi connectivity index (χ2n) is 6.07. The average molecular weight is 316 g/mol. The monoisotopic (exact) mass is 316 g/mol. The van der Waals surface area contributed by atoms with Crippen molar-refractivity contribution < 1.29 is 14.4 Å². The molecule has 124 valence electrons. The van der Waals surface area contributed by atoms with Gasteiger partial charge in [-0.2, -0.15) is 0 Å². The Morgan fingerprint density at radius 1 is 1.04 bits per heavy atom. The van der Waals surface area contributed by atoms with Gasteiger partial charge in [-0.15, -0.1) is 0 Å². The summed E-state index contributed by atoms with van der Waals surface area (Å²) in [6, 6.07) is 6.78. The molecule has 2 atom stereocenters. The van der Waals surface area contributed by atoms with Crippen LogP contribution in [0.1, 0.15) is 49.9 Å². The van der Waals surface area contributed by atoms with Crippen LogP contribution in [0.2, 0.25) is 0 Å². The van der Waals surface area contributed by atoms with Crippen LogP contribution in [0.15, 0.2) is 24.3 Å². The Morgan fingerprint density at radius 3 is 2.30 bits per heavy atom. The fourth-order valence-corrected chi connectivity index (χ4v) is 2.52. The molecule has 0 spiro atoms. The van der Waals surface area contributed by atoms with Crippen molar-refractivity contribution in [3.8, 4) is 0 Å². The SMILES string of the molecule is CCCCCNC(=O)C1CC1C(=O)Nc1ccc(C(C)=O)cc1. The van der Waals surface area contributed by atoms with Crippen LogP contribution < -0.4 is 10.6 Å². The molecule has 0 aliphatic heterocycles. The van der Waals surface area contributed by atoms with Crippen molar-refractivity contribution in [2.75, 3.05) is 11.9 Å². The van der Waals surface area contributed by atoms with Gasteiger partial charge in [0.25, 0.3) is 0 Å². The van der Waals surface area contributed by atoms with E-state index in [1.807, 2.05) is 0 Å². The Morgan fingerprint density at radius 2 is 1.70 bits per heavy atom. The fourth-order valence-electron chi connectivity index (χ4n) is 2.52. The quantitative estimate of drug-likeness (QED) is 0.572. The molecular formula is C18H24N2O3. The summed E-state index contributed by atoms with van der Waals surface area (Å²) in [7, 11) is 0. The first-order chi connectivity index (χ1) is 11.0. The van der Waals surface area contributed by atoms with Crippen LogP contribution >= 0.6 is 0 Å². The first kappa shape index (κ1) is 17.2. The number of unbranched alkanes of at least 4 members (excludes halogenated alkanes) is 2. The molecule has 1 saturated carbocycles. The molecular weight excluding hydrogens is 292 g/mol. The largest absolute Gasteiger partial charge is 0.356 e. The highest BCUT2D eigenvalue weighted by Gasteiger charge is 2.47. The summed E-state index contributed by atoms with van der Waals surface area (Å²) in [5.74, 6) is -0.603. The van der Waals surface area contributed by atoms with Crippen molar-refractivity contribution in [2.24, 2.45) is 11.8 Å². The van der Waals surface area contributed by atoms with Crippen molar-refractivity contribution in [1.29, 1.82) is 0 Å². The predicted molar refractivity (Wildman–Crippen MR) is 89.2 cm³/mol. The van der Waals surface area contributed by atoms with Crippen LogP contribution in [0.4, 0.5) is 5.69 Å². The highest BCUT2D eigenvalue weighted by molar-refractivity contribution is 6.00. The van der Waals surface area contributed by atoms with E-state index in [0.29, 0.717) is 24.2 Å². The third kappa shape index (κ3) is 4.91. The average Bonchev–Trinajstić information content (AvgIpc) is 3.32. The van der Waals surface area contributed by atoms with Crippen LogP contribution in [-0.4, -0.2) is 24.1 Å². The van der Waals surface area contributed by atoms with Gasteiger partial charge in [0.2, 0.25) is 11.8 Å². The Bertz CT molecular complexity index is 580. The lowest BCUT2D eigenvalue weighted by atomic mass is 10.1. The number of Topliss-reactive ketones (excluding diaryl/α,β-unsaturated/α-hetero) is 1. The van der Waals surface area contributed by atoms with E-state index in [0.717, 1.165) is 19.3 Å². The molecule has 23 heavy (non-hydrogen) atoms. The van der Waals surface area contributed by atoms with Crippen LogP contribution in [0.25, 0.3) is 0 Å². The van der Waals surface area contributed by atoms with Crippen molar-refractivity contribution in [2.45, 2.75) is 39.5 Å². The van der Waals surface area contributed by atoms with E-state index in [-0.39, 0.29) is 29.4 Å². The van der Waals surface area contributed by atoms with E-state index in [4.69, 9.17) is 0 Å². The number of nitrogens with one attached hydrogen (secondary N) is 2. The van der Waals surface area contributed by atoms with E-state index >= 15 is 0 Å². The highest BCUT2D eigenvalue weighted by atomic mass is 16.2. The third-order valence-electron chi connectivity index (χ3n) is 4.10. The predicted octanol–water partition coefficient (Wildman–Crippen LogP) is 2.77. The van der Waals surface area contributed by atoms with E-state index in [9.17, 15) is 14.4 Å². The minimum Gasteiger partial charge on any atom is -0.356 e. The van der Waals surface area contributed by atoms with Gasteiger partial charge in [-0.25, -0.2) is 0 Å². The fraction of sp³-hybridized carbons (Fsp3) is 0.500. The molecule has 2 N–H and O–H groups in total. The molecule has 5 nitrogen and oxygen atoms in total. The molecule has 1 aromatic rings. The summed E-state index contributed by atoms with van der Waals surface area (Å²) in [6.45, 7) is 4.30. The van der Waals surface area contributed by atoms with Gasteiger partial charge in [0.15, 0.2) is 5.78 Å². The Labute approximate surface area is 136 Å². The lowest BCUT2D eigenvalue weighted by molar-refractivity contribution is -0.125. The Balaban J connectivity index is 1.77. The Kier molecular flexibility index (Phi) is 5.90. The third-order valence-corrected chi connectivity index (χ3v) is 4.10. The van der Waals surface area contributed by atoms with E-state index in [1.165, 1.54) is 6.92 Å². The molecule has 2 unspecified atom stereocenters. The number of hydrogen-bond donors (Lipinski definition) is 2. The summed E-state index contributed by atoms with van der Waals surface area (Å²) in [6.07, 6.45) is 3.81. The minimum atomic E-state index is -0.242.